The third-order valence-electron chi connectivity index (χ3n) is 3.68. The second-order valence-electron chi connectivity index (χ2n) is 4.98. The van der Waals surface area contributed by atoms with Gasteiger partial charge in [-0.3, -0.25) is 0 Å². The van der Waals surface area contributed by atoms with E-state index in [2.05, 4.69) is 15.9 Å². The number of halogens is 4. The number of rotatable bonds is 4. The highest BCUT2D eigenvalue weighted by Gasteiger charge is 2.20. The molecule has 1 aromatic rings. The van der Waals surface area contributed by atoms with Gasteiger partial charge in [0, 0.05) is 16.5 Å². The second kappa shape index (κ2) is 6.09. The van der Waals surface area contributed by atoms with Gasteiger partial charge in [-0.1, -0.05) is 41.6 Å². The molecular formula is C14H16BrF3. The summed E-state index contributed by atoms with van der Waals surface area (Å²) in [6, 6.07) is 1.58. The first-order valence-corrected chi connectivity index (χ1v) is 7.28. The normalized spacial score (nSPS) is 18.2. The lowest BCUT2D eigenvalue weighted by Crippen LogP contribution is -2.01. The highest BCUT2D eigenvalue weighted by Crippen LogP contribution is 2.36. The second-order valence-corrected chi connectivity index (χ2v) is 6.09. The minimum Gasteiger partial charge on any atom is -0.207 e. The Morgan fingerprint density at radius 3 is 2.33 bits per heavy atom. The smallest absolute Gasteiger partial charge is 0.161 e. The van der Waals surface area contributed by atoms with E-state index in [0.717, 1.165) is 18.9 Å². The lowest BCUT2D eigenvalue weighted by Gasteiger charge is -2.14. The van der Waals surface area contributed by atoms with Crippen LogP contribution in [-0.4, -0.2) is 0 Å². The van der Waals surface area contributed by atoms with E-state index < -0.39 is 17.5 Å². The van der Waals surface area contributed by atoms with Gasteiger partial charge in [-0.25, -0.2) is 13.2 Å². The summed E-state index contributed by atoms with van der Waals surface area (Å²) in [5.41, 5.74) is 0.215. The molecule has 0 radical (unpaired) electrons. The molecule has 0 spiro atoms. The van der Waals surface area contributed by atoms with Gasteiger partial charge in [0.05, 0.1) is 0 Å². The first-order chi connectivity index (χ1) is 8.58. The van der Waals surface area contributed by atoms with Gasteiger partial charge in [0.15, 0.2) is 11.6 Å². The average Bonchev–Trinajstić information content (AvgIpc) is 2.84. The van der Waals surface area contributed by atoms with Gasteiger partial charge in [-0.15, -0.1) is 0 Å². The maximum absolute atomic E-state index is 13.5. The van der Waals surface area contributed by atoms with Crippen LogP contribution in [0.2, 0.25) is 0 Å². The van der Waals surface area contributed by atoms with Crippen LogP contribution in [-0.2, 0) is 0 Å². The summed E-state index contributed by atoms with van der Waals surface area (Å²) in [6.07, 6.45) is 6.79. The summed E-state index contributed by atoms with van der Waals surface area (Å²) in [4.78, 5) is -0.242. The molecule has 18 heavy (non-hydrogen) atoms. The van der Waals surface area contributed by atoms with E-state index in [9.17, 15) is 13.2 Å². The van der Waals surface area contributed by atoms with Gasteiger partial charge >= 0.3 is 0 Å². The third kappa shape index (κ3) is 3.28. The standard InChI is InChI=1S/C14H16BrF3/c15-11(6-5-9-3-1-2-4-9)10-7-13(17)14(18)8-12(10)16/h7-9,11H,1-6H2. The molecule has 0 aliphatic heterocycles. The van der Waals surface area contributed by atoms with Gasteiger partial charge in [0.2, 0.25) is 0 Å². The van der Waals surface area contributed by atoms with Crippen molar-refractivity contribution in [3.05, 3.63) is 35.1 Å². The Morgan fingerprint density at radius 1 is 1.06 bits per heavy atom. The number of hydrogen-bond acceptors (Lipinski definition) is 0. The lowest BCUT2D eigenvalue weighted by molar-refractivity contribution is 0.469. The van der Waals surface area contributed by atoms with E-state index in [1.807, 2.05) is 0 Å². The van der Waals surface area contributed by atoms with Crippen LogP contribution >= 0.6 is 15.9 Å². The average molecular weight is 321 g/mol. The van der Waals surface area contributed by atoms with Crippen molar-refractivity contribution in [3.8, 4) is 0 Å². The Labute approximate surface area is 114 Å². The van der Waals surface area contributed by atoms with Crippen molar-refractivity contribution in [2.45, 2.75) is 43.4 Å². The van der Waals surface area contributed by atoms with E-state index in [1.54, 1.807) is 0 Å². The van der Waals surface area contributed by atoms with E-state index in [4.69, 9.17) is 0 Å². The SMILES string of the molecule is Fc1cc(F)c(C(Br)CCC2CCCC2)cc1F. The maximum Gasteiger partial charge on any atom is 0.161 e. The van der Waals surface area contributed by atoms with E-state index in [-0.39, 0.29) is 10.4 Å². The van der Waals surface area contributed by atoms with Crippen LogP contribution in [0, 0.1) is 23.4 Å². The molecule has 100 valence electrons. The summed E-state index contributed by atoms with van der Waals surface area (Å²) in [6.45, 7) is 0. The van der Waals surface area contributed by atoms with Crippen molar-refractivity contribution in [3.63, 3.8) is 0 Å². The molecule has 4 heteroatoms. The minimum absolute atomic E-state index is 0.215. The van der Waals surface area contributed by atoms with Crippen LogP contribution in [0.3, 0.4) is 0 Å². The highest BCUT2D eigenvalue weighted by molar-refractivity contribution is 9.09. The molecule has 0 heterocycles. The Morgan fingerprint density at radius 2 is 1.67 bits per heavy atom. The van der Waals surface area contributed by atoms with E-state index in [1.165, 1.54) is 25.7 Å². The fraction of sp³-hybridized carbons (Fsp3) is 0.571. The summed E-state index contributed by atoms with van der Waals surface area (Å²) >= 11 is 3.37. The molecule has 1 unspecified atom stereocenters. The van der Waals surface area contributed by atoms with Crippen molar-refractivity contribution in [1.82, 2.24) is 0 Å². The van der Waals surface area contributed by atoms with Crippen molar-refractivity contribution >= 4 is 15.9 Å². The molecule has 0 aromatic heterocycles. The predicted molar refractivity (Wildman–Crippen MR) is 69.2 cm³/mol. The molecular weight excluding hydrogens is 305 g/mol. The molecule has 1 aliphatic rings. The van der Waals surface area contributed by atoms with Crippen LogP contribution in [0.15, 0.2) is 12.1 Å². The Balaban J connectivity index is 1.99. The van der Waals surface area contributed by atoms with Gasteiger partial charge in [-0.05, 0) is 24.8 Å². The topological polar surface area (TPSA) is 0 Å². The molecule has 0 N–H and O–H groups in total. The fourth-order valence-corrected chi connectivity index (χ4v) is 3.23. The van der Waals surface area contributed by atoms with Gasteiger partial charge in [0.1, 0.15) is 5.82 Å². The monoisotopic (exact) mass is 320 g/mol. The fourth-order valence-electron chi connectivity index (χ4n) is 2.61. The largest absolute Gasteiger partial charge is 0.207 e. The van der Waals surface area contributed by atoms with Crippen molar-refractivity contribution < 1.29 is 13.2 Å². The van der Waals surface area contributed by atoms with Crippen LogP contribution in [0.4, 0.5) is 13.2 Å². The highest BCUT2D eigenvalue weighted by atomic mass is 79.9. The third-order valence-corrected chi connectivity index (χ3v) is 4.63. The molecule has 1 fully saturated rings. The van der Waals surface area contributed by atoms with Crippen LogP contribution < -0.4 is 0 Å². The zero-order valence-electron chi connectivity index (χ0n) is 10.1. The first-order valence-electron chi connectivity index (χ1n) is 6.36. The molecule has 0 bridgehead atoms. The van der Waals surface area contributed by atoms with Gasteiger partial charge in [0.25, 0.3) is 0 Å². The molecule has 0 saturated heterocycles. The maximum atomic E-state index is 13.5. The Kier molecular flexibility index (Phi) is 4.71. The quantitative estimate of drug-likeness (QED) is 0.507. The van der Waals surface area contributed by atoms with E-state index >= 15 is 0 Å². The first kappa shape index (κ1) is 13.9. The van der Waals surface area contributed by atoms with Crippen LogP contribution in [0.5, 0.6) is 0 Å². The molecule has 2 rings (SSSR count). The predicted octanol–water partition coefficient (Wildman–Crippen LogP) is 5.51. The number of alkyl halides is 1. The molecule has 0 amide bonds. The summed E-state index contributed by atoms with van der Waals surface area (Å²) in [5, 5.41) is 0. The molecule has 1 saturated carbocycles. The Hall–Kier alpha value is -0.510. The molecule has 0 nitrogen and oxygen atoms in total. The molecule has 1 aliphatic carbocycles. The number of benzene rings is 1. The van der Waals surface area contributed by atoms with Crippen molar-refractivity contribution in [2.24, 2.45) is 5.92 Å². The van der Waals surface area contributed by atoms with Gasteiger partial charge < -0.3 is 0 Å². The zero-order valence-corrected chi connectivity index (χ0v) is 11.6. The van der Waals surface area contributed by atoms with Crippen molar-refractivity contribution in [2.75, 3.05) is 0 Å². The molecule has 1 aromatic carbocycles. The minimum atomic E-state index is -1.13. The van der Waals surface area contributed by atoms with Crippen molar-refractivity contribution in [1.29, 1.82) is 0 Å². The van der Waals surface area contributed by atoms with Crippen LogP contribution in [0.1, 0.15) is 48.9 Å². The zero-order chi connectivity index (χ0) is 13.1. The van der Waals surface area contributed by atoms with Crippen LogP contribution in [0.25, 0.3) is 0 Å². The Bertz CT molecular complexity index is 414. The summed E-state index contributed by atoms with van der Waals surface area (Å²) in [5.74, 6) is -2.09. The lowest BCUT2D eigenvalue weighted by atomic mass is 9.98. The summed E-state index contributed by atoms with van der Waals surface area (Å²) < 4.78 is 39.5. The molecule has 1 atom stereocenters. The summed E-state index contributed by atoms with van der Waals surface area (Å²) in [7, 11) is 0. The number of hydrogen-bond donors (Lipinski definition) is 0. The van der Waals surface area contributed by atoms with E-state index in [0.29, 0.717) is 12.0 Å². The van der Waals surface area contributed by atoms with Gasteiger partial charge in [-0.2, -0.15) is 0 Å².